The Bertz CT molecular complexity index is 472. The van der Waals surface area contributed by atoms with Crippen molar-refractivity contribution in [3.8, 4) is 6.07 Å². The quantitative estimate of drug-likeness (QED) is 0.544. The number of carbonyl (C=O) groups is 1. The molecule has 0 heterocycles. The lowest BCUT2D eigenvalue weighted by Crippen LogP contribution is -2.16. The fourth-order valence-electron chi connectivity index (χ4n) is 1.18. The number of hydrogen-bond acceptors (Lipinski definition) is 4. The van der Waals surface area contributed by atoms with E-state index in [1.807, 2.05) is 6.07 Å². The van der Waals surface area contributed by atoms with E-state index in [1.54, 1.807) is 0 Å². The summed E-state index contributed by atoms with van der Waals surface area (Å²) in [6, 6.07) is 6.31. The number of hydrogen-bond donors (Lipinski definition) is 2. The first kappa shape index (κ1) is 10.7. The molecule has 0 amide bonds. The topological polar surface area (TPSA) is 99.5 Å². The van der Waals surface area contributed by atoms with Gasteiger partial charge in [-0.1, -0.05) is 0 Å². The van der Waals surface area contributed by atoms with Crippen LogP contribution in [-0.2, 0) is 4.79 Å². The van der Waals surface area contributed by atoms with Crippen LogP contribution in [0, 0.1) is 11.3 Å². The molecule has 0 aliphatic heterocycles. The molecule has 0 fully saturated rings. The van der Waals surface area contributed by atoms with E-state index in [0.717, 1.165) is 0 Å². The predicted molar refractivity (Wildman–Crippen MR) is 55.7 cm³/mol. The van der Waals surface area contributed by atoms with Crippen molar-refractivity contribution in [2.45, 2.75) is 0 Å². The van der Waals surface area contributed by atoms with Gasteiger partial charge in [0.15, 0.2) is 5.71 Å². The average Bonchev–Trinajstić information content (AvgIpc) is 2.20. The maximum Gasteiger partial charge on any atom is 0.354 e. The zero-order valence-corrected chi connectivity index (χ0v) is 8.06. The molecule has 76 valence electrons. The van der Waals surface area contributed by atoms with E-state index in [-0.39, 0.29) is 11.4 Å². The molecule has 1 rings (SSSR count). The van der Waals surface area contributed by atoms with E-state index in [9.17, 15) is 4.79 Å². The molecular formula is C10H9N3O2. The smallest absolute Gasteiger partial charge is 0.354 e. The van der Waals surface area contributed by atoms with Crippen LogP contribution in [0.3, 0.4) is 0 Å². The van der Waals surface area contributed by atoms with Crippen LogP contribution >= 0.6 is 0 Å². The highest BCUT2D eigenvalue weighted by Crippen LogP contribution is 2.15. The zero-order valence-electron chi connectivity index (χ0n) is 8.06. The molecule has 1 aromatic rings. The van der Waals surface area contributed by atoms with Gasteiger partial charge in [0.1, 0.15) is 0 Å². The van der Waals surface area contributed by atoms with Crippen molar-refractivity contribution < 1.29 is 9.90 Å². The van der Waals surface area contributed by atoms with Crippen LogP contribution in [0.5, 0.6) is 0 Å². The van der Waals surface area contributed by atoms with Gasteiger partial charge < -0.3 is 10.8 Å². The maximum atomic E-state index is 10.8. The summed E-state index contributed by atoms with van der Waals surface area (Å²) < 4.78 is 0. The Morgan fingerprint density at radius 3 is 2.67 bits per heavy atom. The van der Waals surface area contributed by atoms with Crippen molar-refractivity contribution in [3.05, 3.63) is 29.3 Å². The molecule has 0 atom stereocenters. The molecule has 0 bridgehead atoms. The van der Waals surface area contributed by atoms with Crippen molar-refractivity contribution in [2.24, 2.45) is 4.99 Å². The molecule has 0 unspecified atom stereocenters. The van der Waals surface area contributed by atoms with Gasteiger partial charge in [-0.3, -0.25) is 4.99 Å². The Balaban J connectivity index is 3.29. The van der Waals surface area contributed by atoms with Crippen LogP contribution in [0.1, 0.15) is 11.1 Å². The first-order valence-corrected chi connectivity index (χ1v) is 4.10. The van der Waals surface area contributed by atoms with Gasteiger partial charge in [0, 0.05) is 18.3 Å². The van der Waals surface area contributed by atoms with Gasteiger partial charge in [0.2, 0.25) is 0 Å². The van der Waals surface area contributed by atoms with Crippen molar-refractivity contribution in [1.82, 2.24) is 0 Å². The molecule has 3 N–H and O–H groups in total. The number of carboxylic acids is 1. The lowest BCUT2D eigenvalue weighted by molar-refractivity contribution is -0.129. The fourth-order valence-corrected chi connectivity index (χ4v) is 1.18. The summed E-state index contributed by atoms with van der Waals surface area (Å²) in [4.78, 5) is 14.4. The Hall–Kier alpha value is -2.35. The molecular weight excluding hydrogens is 194 g/mol. The molecule has 0 aliphatic rings. The van der Waals surface area contributed by atoms with Gasteiger partial charge in [-0.25, -0.2) is 4.79 Å². The van der Waals surface area contributed by atoms with Gasteiger partial charge in [-0.05, 0) is 18.2 Å². The number of aliphatic imine (C=N–C) groups is 1. The molecule has 0 saturated carbocycles. The minimum absolute atomic E-state index is 0.114. The summed E-state index contributed by atoms with van der Waals surface area (Å²) in [5.41, 5.74) is 6.44. The van der Waals surface area contributed by atoms with Crippen LogP contribution in [0.15, 0.2) is 23.2 Å². The normalized spacial score (nSPS) is 10.8. The van der Waals surface area contributed by atoms with Crippen LogP contribution in [0.4, 0.5) is 5.69 Å². The fraction of sp³-hybridized carbons (Fsp3) is 0.100. The summed E-state index contributed by atoms with van der Waals surface area (Å²) in [7, 11) is 1.38. The number of nitrogen functional groups attached to an aromatic ring is 1. The minimum Gasteiger partial charge on any atom is -0.477 e. The monoisotopic (exact) mass is 203 g/mol. The van der Waals surface area contributed by atoms with Crippen molar-refractivity contribution in [2.75, 3.05) is 12.8 Å². The highest BCUT2D eigenvalue weighted by atomic mass is 16.4. The first-order chi connectivity index (χ1) is 7.10. The third kappa shape index (κ3) is 2.11. The minimum atomic E-state index is -1.14. The highest BCUT2D eigenvalue weighted by Gasteiger charge is 2.14. The SMILES string of the molecule is CN=C(C(=O)O)c1ccc(C#N)cc1N. The Morgan fingerprint density at radius 2 is 2.27 bits per heavy atom. The Labute approximate surface area is 86.5 Å². The van der Waals surface area contributed by atoms with Crippen LogP contribution in [0.2, 0.25) is 0 Å². The summed E-state index contributed by atoms with van der Waals surface area (Å²) in [5.74, 6) is -1.14. The van der Waals surface area contributed by atoms with Gasteiger partial charge in [-0.2, -0.15) is 5.26 Å². The maximum absolute atomic E-state index is 10.8. The lowest BCUT2D eigenvalue weighted by Gasteiger charge is -2.04. The summed E-state index contributed by atoms with van der Waals surface area (Å²) in [6.07, 6.45) is 0. The second kappa shape index (κ2) is 4.24. The van der Waals surface area contributed by atoms with Gasteiger partial charge >= 0.3 is 5.97 Å². The lowest BCUT2D eigenvalue weighted by atomic mass is 10.1. The number of aliphatic carboxylic acids is 1. The molecule has 5 nitrogen and oxygen atoms in total. The first-order valence-electron chi connectivity index (χ1n) is 4.10. The third-order valence-electron chi connectivity index (χ3n) is 1.86. The van der Waals surface area contributed by atoms with Crippen LogP contribution in [0.25, 0.3) is 0 Å². The van der Waals surface area contributed by atoms with Crippen LogP contribution < -0.4 is 5.73 Å². The van der Waals surface area contributed by atoms with Gasteiger partial charge in [0.05, 0.1) is 11.6 Å². The van der Waals surface area contributed by atoms with Crippen molar-refractivity contribution in [1.29, 1.82) is 5.26 Å². The predicted octanol–water partition coefficient (Wildman–Crippen LogP) is 0.644. The average molecular weight is 203 g/mol. The van der Waals surface area contributed by atoms with Crippen molar-refractivity contribution >= 4 is 17.4 Å². The standard InChI is InChI=1S/C10H9N3O2/c1-13-9(10(14)15)7-3-2-6(5-11)4-8(7)12/h2-4H,12H2,1H3,(H,14,15). The molecule has 1 aromatic carbocycles. The summed E-state index contributed by atoms with van der Waals surface area (Å²) in [6.45, 7) is 0. The molecule has 0 aromatic heterocycles. The van der Waals surface area contributed by atoms with Crippen molar-refractivity contribution in [3.63, 3.8) is 0 Å². The summed E-state index contributed by atoms with van der Waals surface area (Å²) in [5, 5.41) is 17.4. The van der Waals surface area contributed by atoms with E-state index in [2.05, 4.69) is 4.99 Å². The molecule has 0 saturated heterocycles. The molecule has 5 heteroatoms. The molecule has 0 aliphatic carbocycles. The van der Waals surface area contributed by atoms with E-state index >= 15 is 0 Å². The number of nitrogens with zero attached hydrogens (tertiary/aromatic N) is 2. The summed E-state index contributed by atoms with van der Waals surface area (Å²) >= 11 is 0. The van der Waals surface area contributed by atoms with Gasteiger partial charge in [-0.15, -0.1) is 0 Å². The Kier molecular flexibility index (Phi) is 3.03. The number of carboxylic acid groups (broad SMARTS) is 1. The number of anilines is 1. The third-order valence-corrected chi connectivity index (χ3v) is 1.86. The molecule has 0 radical (unpaired) electrons. The number of nitriles is 1. The van der Waals surface area contributed by atoms with E-state index in [0.29, 0.717) is 11.1 Å². The van der Waals surface area contributed by atoms with E-state index in [4.69, 9.17) is 16.1 Å². The second-order valence-electron chi connectivity index (χ2n) is 2.79. The van der Waals surface area contributed by atoms with E-state index < -0.39 is 5.97 Å². The zero-order chi connectivity index (χ0) is 11.4. The largest absolute Gasteiger partial charge is 0.477 e. The number of rotatable bonds is 2. The second-order valence-corrected chi connectivity index (χ2v) is 2.79. The van der Waals surface area contributed by atoms with Gasteiger partial charge in [0.25, 0.3) is 0 Å². The number of nitrogens with two attached hydrogens (primary N) is 1. The number of benzene rings is 1. The molecule has 15 heavy (non-hydrogen) atoms. The highest BCUT2D eigenvalue weighted by molar-refractivity contribution is 6.43. The molecule has 0 spiro atoms. The van der Waals surface area contributed by atoms with Crippen LogP contribution in [-0.4, -0.2) is 23.8 Å². The Morgan fingerprint density at radius 1 is 1.60 bits per heavy atom. The van der Waals surface area contributed by atoms with E-state index in [1.165, 1.54) is 25.2 Å².